The van der Waals surface area contributed by atoms with Gasteiger partial charge in [-0.2, -0.15) is 0 Å². The lowest BCUT2D eigenvalue weighted by atomic mass is 10.1. The monoisotopic (exact) mass is 366 g/mol. The molecule has 2 aromatic carbocycles. The Morgan fingerprint density at radius 2 is 1.77 bits per heavy atom. The number of likely N-dealkylation sites (N-methyl/N-ethyl adjacent to an activating group) is 1. The average molecular weight is 366 g/mol. The standard InChI is InChI=1S/C20H18N2O3S/c1-13-4-6-14(7-5-13)12-17-18(23)22(2)20(26-17)21-16-10-8-15(9-11-16)19(24)25-3/h4-12H,1-3H3/b17-12+,21-20?. The third-order valence-corrected chi connectivity index (χ3v) is 4.95. The fraction of sp³-hybridized carbons (Fsp3) is 0.150. The second kappa shape index (κ2) is 7.58. The number of hydrogen-bond acceptors (Lipinski definition) is 5. The van der Waals surface area contributed by atoms with E-state index in [0.717, 1.165) is 5.56 Å². The number of aryl methyl sites for hydroxylation is 1. The first kappa shape index (κ1) is 17.9. The molecule has 0 atom stereocenters. The Kier molecular flexibility index (Phi) is 5.23. The van der Waals surface area contributed by atoms with Crippen molar-refractivity contribution in [2.24, 2.45) is 4.99 Å². The summed E-state index contributed by atoms with van der Waals surface area (Å²) in [7, 11) is 3.04. The maximum absolute atomic E-state index is 12.5. The Bertz CT molecular complexity index is 900. The summed E-state index contributed by atoms with van der Waals surface area (Å²) in [6.45, 7) is 2.02. The maximum atomic E-state index is 12.5. The summed E-state index contributed by atoms with van der Waals surface area (Å²) in [5.41, 5.74) is 3.27. The number of aliphatic imine (C=N–C) groups is 1. The fourth-order valence-corrected chi connectivity index (χ4v) is 3.35. The fourth-order valence-electron chi connectivity index (χ4n) is 2.37. The van der Waals surface area contributed by atoms with E-state index in [2.05, 4.69) is 9.73 Å². The summed E-state index contributed by atoms with van der Waals surface area (Å²) in [6.07, 6.45) is 1.87. The van der Waals surface area contributed by atoms with Gasteiger partial charge in [0.05, 0.1) is 23.3 Å². The Balaban J connectivity index is 1.83. The summed E-state index contributed by atoms with van der Waals surface area (Å²) in [4.78, 5) is 30.6. The number of hydrogen-bond donors (Lipinski definition) is 0. The van der Waals surface area contributed by atoms with Crippen molar-refractivity contribution in [2.45, 2.75) is 6.92 Å². The molecule has 5 nitrogen and oxygen atoms in total. The molecule has 26 heavy (non-hydrogen) atoms. The zero-order chi connectivity index (χ0) is 18.7. The van der Waals surface area contributed by atoms with Crippen LogP contribution in [0.15, 0.2) is 58.4 Å². The Morgan fingerprint density at radius 3 is 2.38 bits per heavy atom. The van der Waals surface area contributed by atoms with Crippen molar-refractivity contribution in [3.63, 3.8) is 0 Å². The predicted molar refractivity (Wildman–Crippen MR) is 104 cm³/mol. The number of amides is 1. The largest absolute Gasteiger partial charge is 0.465 e. The molecule has 0 unspecified atom stereocenters. The maximum Gasteiger partial charge on any atom is 0.337 e. The van der Waals surface area contributed by atoms with Crippen molar-refractivity contribution in [1.29, 1.82) is 0 Å². The molecule has 6 heteroatoms. The molecular weight excluding hydrogens is 348 g/mol. The highest BCUT2D eigenvalue weighted by Gasteiger charge is 2.30. The molecule has 0 bridgehead atoms. The summed E-state index contributed by atoms with van der Waals surface area (Å²) in [5.74, 6) is -0.476. The molecule has 0 spiro atoms. The molecule has 0 N–H and O–H groups in total. The number of nitrogens with zero attached hydrogens (tertiary/aromatic N) is 2. The highest BCUT2D eigenvalue weighted by atomic mass is 32.2. The van der Waals surface area contributed by atoms with Crippen molar-refractivity contribution in [3.05, 3.63) is 70.1 Å². The molecule has 0 radical (unpaired) electrons. The molecule has 1 aliphatic rings. The molecule has 1 amide bonds. The lowest BCUT2D eigenvalue weighted by Crippen LogP contribution is -2.23. The van der Waals surface area contributed by atoms with Gasteiger partial charge in [0, 0.05) is 7.05 Å². The summed E-state index contributed by atoms with van der Waals surface area (Å²) in [6, 6.07) is 14.7. The van der Waals surface area contributed by atoms with Gasteiger partial charge in [0.2, 0.25) is 0 Å². The highest BCUT2D eigenvalue weighted by molar-refractivity contribution is 8.18. The Hall–Kier alpha value is -2.86. The second-order valence-corrected chi connectivity index (χ2v) is 6.83. The minimum absolute atomic E-state index is 0.0829. The summed E-state index contributed by atoms with van der Waals surface area (Å²) < 4.78 is 4.68. The second-order valence-electron chi connectivity index (χ2n) is 5.82. The quantitative estimate of drug-likeness (QED) is 0.608. The van der Waals surface area contributed by atoms with E-state index in [0.29, 0.717) is 21.3 Å². The molecule has 2 aromatic rings. The molecule has 1 heterocycles. The van der Waals surface area contributed by atoms with Gasteiger partial charge in [0.1, 0.15) is 0 Å². The molecule has 132 valence electrons. The highest BCUT2D eigenvalue weighted by Crippen LogP contribution is 2.33. The van der Waals surface area contributed by atoms with Crippen LogP contribution in [0, 0.1) is 6.92 Å². The third kappa shape index (κ3) is 3.86. The molecule has 1 aliphatic heterocycles. The van der Waals surface area contributed by atoms with Crippen molar-refractivity contribution < 1.29 is 14.3 Å². The number of carbonyl (C=O) groups is 2. The van der Waals surface area contributed by atoms with Gasteiger partial charge in [0.15, 0.2) is 5.17 Å². The number of rotatable bonds is 3. The number of esters is 1. The zero-order valence-electron chi connectivity index (χ0n) is 14.7. The minimum atomic E-state index is -0.393. The lowest BCUT2D eigenvalue weighted by Gasteiger charge is -2.07. The van der Waals surface area contributed by atoms with E-state index >= 15 is 0 Å². The minimum Gasteiger partial charge on any atom is -0.465 e. The van der Waals surface area contributed by atoms with Crippen LogP contribution in [-0.2, 0) is 9.53 Å². The van der Waals surface area contributed by atoms with Crippen LogP contribution >= 0.6 is 11.8 Å². The van der Waals surface area contributed by atoms with E-state index in [4.69, 9.17) is 0 Å². The molecule has 0 aromatic heterocycles. The number of methoxy groups -OCH3 is 1. The van der Waals surface area contributed by atoms with E-state index in [-0.39, 0.29) is 5.91 Å². The van der Waals surface area contributed by atoms with Crippen LogP contribution in [0.4, 0.5) is 5.69 Å². The van der Waals surface area contributed by atoms with Gasteiger partial charge in [-0.3, -0.25) is 9.69 Å². The smallest absolute Gasteiger partial charge is 0.337 e. The molecule has 0 aliphatic carbocycles. The van der Waals surface area contributed by atoms with Crippen molar-refractivity contribution in [2.75, 3.05) is 14.2 Å². The van der Waals surface area contributed by atoms with E-state index in [9.17, 15) is 9.59 Å². The van der Waals surface area contributed by atoms with Crippen LogP contribution in [0.1, 0.15) is 21.5 Å². The van der Waals surface area contributed by atoms with Crippen LogP contribution in [0.3, 0.4) is 0 Å². The Labute approximate surface area is 156 Å². The first-order valence-corrected chi connectivity index (χ1v) is 8.81. The first-order chi connectivity index (χ1) is 12.5. The SMILES string of the molecule is COC(=O)c1ccc(N=C2S/C(=C/c3ccc(C)cc3)C(=O)N2C)cc1. The van der Waals surface area contributed by atoms with Crippen LogP contribution in [-0.4, -0.2) is 36.1 Å². The van der Waals surface area contributed by atoms with Crippen molar-refractivity contribution >= 4 is 40.6 Å². The average Bonchev–Trinajstić information content (AvgIpc) is 2.91. The number of ether oxygens (including phenoxy) is 1. The molecule has 3 rings (SSSR count). The van der Waals surface area contributed by atoms with E-state index in [1.54, 1.807) is 31.3 Å². The summed E-state index contributed by atoms with van der Waals surface area (Å²) >= 11 is 1.33. The van der Waals surface area contributed by atoms with Gasteiger partial charge in [-0.15, -0.1) is 0 Å². The normalized spacial score (nSPS) is 17.2. The molecule has 0 saturated carbocycles. The van der Waals surface area contributed by atoms with Gasteiger partial charge < -0.3 is 4.74 Å². The number of carbonyl (C=O) groups excluding carboxylic acids is 2. The topological polar surface area (TPSA) is 59.0 Å². The van der Waals surface area contributed by atoms with Gasteiger partial charge in [0.25, 0.3) is 5.91 Å². The van der Waals surface area contributed by atoms with Gasteiger partial charge in [-0.25, -0.2) is 9.79 Å². The zero-order valence-corrected chi connectivity index (χ0v) is 15.5. The van der Waals surface area contributed by atoms with E-state index in [1.807, 2.05) is 37.3 Å². The van der Waals surface area contributed by atoms with Crippen LogP contribution in [0.5, 0.6) is 0 Å². The predicted octanol–water partition coefficient (Wildman–Crippen LogP) is 4.02. The third-order valence-electron chi connectivity index (χ3n) is 3.89. The van der Waals surface area contributed by atoms with E-state index in [1.165, 1.54) is 29.3 Å². The van der Waals surface area contributed by atoms with Gasteiger partial charge >= 0.3 is 5.97 Å². The van der Waals surface area contributed by atoms with Crippen LogP contribution in [0.2, 0.25) is 0 Å². The van der Waals surface area contributed by atoms with Gasteiger partial charge in [-0.05, 0) is 54.6 Å². The number of thioether (sulfide) groups is 1. The molecule has 1 fully saturated rings. The first-order valence-electron chi connectivity index (χ1n) is 7.99. The van der Waals surface area contributed by atoms with Crippen molar-refractivity contribution in [1.82, 2.24) is 4.90 Å². The molecular formula is C20H18N2O3S. The molecule has 1 saturated heterocycles. The summed E-state index contributed by atoms with van der Waals surface area (Å²) in [5, 5.41) is 0.596. The number of benzene rings is 2. The number of amidine groups is 1. The van der Waals surface area contributed by atoms with E-state index < -0.39 is 5.97 Å². The van der Waals surface area contributed by atoms with Crippen molar-refractivity contribution in [3.8, 4) is 0 Å². The van der Waals surface area contributed by atoms with Gasteiger partial charge in [-0.1, -0.05) is 29.8 Å². The lowest BCUT2D eigenvalue weighted by molar-refractivity contribution is -0.121. The van der Waals surface area contributed by atoms with Crippen LogP contribution < -0.4 is 0 Å². The van der Waals surface area contributed by atoms with Crippen LogP contribution in [0.25, 0.3) is 6.08 Å². The Morgan fingerprint density at radius 1 is 1.12 bits per heavy atom.